The van der Waals surface area contributed by atoms with Crippen molar-refractivity contribution in [3.63, 3.8) is 0 Å². The predicted octanol–water partition coefficient (Wildman–Crippen LogP) is 3.06. The Balaban J connectivity index is 2.11. The number of halogens is 2. The van der Waals surface area contributed by atoms with Crippen LogP contribution in [0, 0.1) is 15.3 Å². The Morgan fingerprint density at radius 1 is 1.58 bits per heavy atom. The van der Waals surface area contributed by atoms with E-state index in [1.807, 2.05) is 0 Å². The molecule has 1 aliphatic rings. The van der Waals surface area contributed by atoms with Gasteiger partial charge in [0.05, 0.1) is 5.69 Å². The van der Waals surface area contributed by atoms with Crippen molar-refractivity contribution in [2.45, 2.75) is 13.3 Å². The van der Waals surface area contributed by atoms with E-state index in [1.165, 1.54) is 30.8 Å². The largest absolute Gasteiger partial charge is 0.311 e. The van der Waals surface area contributed by atoms with E-state index >= 15 is 0 Å². The SMILES string of the molecule is CC(=O)SCC1CC(=O)N(c2cc(F)ccc2I)C1. The highest BCUT2D eigenvalue weighted by Gasteiger charge is 2.31. The van der Waals surface area contributed by atoms with E-state index < -0.39 is 0 Å². The quantitative estimate of drug-likeness (QED) is 0.741. The lowest BCUT2D eigenvalue weighted by molar-refractivity contribution is -0.117. The van der Waals surface area contributed by atoms with Gasteiger partial charge in [-0.05, 0) is 46.7 Å². The van der Waals surface area contributed by atoms with Gasteiger partial charge in [0.2, 0.25) is 5.91 Å². The average Bonchev–Trinajstić information content (AvgIpc) is 2.71. The molecule has 19 heavy (non-hydrogen) atoms. The first-order valence-corrected chi connectivity index (χ1v) is 7.92. The summed E-state index contributed by atoms with van der Waals surface area (Å²) >= 11 is 3.34. The molecular weight excluding hydrogens is 380 g/mol. The summed E-state index contributed by atoms with van der Waals surface area (Å²) in [5.74, 6) is 0.451. The number of anilines is 1. The highest BCUT2D eigenvalue weighted by molar-refractivity contribution is 14.1. The molecule has 0 radical (unpaired) electrons. The predicted molar refractivity (Wildman–Crippen MR) is 82.7 cm³/mol. The van der Waals surface area contributed by atoms with Crippen LogP contribution in [0.5, 0.6) is 0 Å². The molecule has 0 aliphatic carbocycles. The minimum atomic E-state index is -0.343. The average molecular weight is 393 g/mol. The highest BCUT2D eigenvalue weighted by atomic mass is 127. The molecule has 1 fully saturated rings. The summed E-state index contributed by atoms with van der Waals surface area (Å²) in [6.07, 6.45) is 0.423. The second-order valence-electron chi connectivity index (χ2n) is 4.47. The minimum absolute atomic E-state index is 0.00216. The van der Waals surface area contributed by atoms with Crippen molar-refractivity contribution in [1.29, 1.82) is 0 Å². The van der Waals surface area contributed by atoms with Crippen molar-refractivity contribution in [1.82, 2.24) is 0 Å². The normalized spacial score (nSPS) is 19.0. The second kappa shape index (κ2) is 6.21. The Morgan fingerprint density at radius 2 is 2.32 bits per heavy atom. The van der Waals surface area contributed by atoms with Crippen LogP contribution in [0.15, 0.2) is 18.2 Å². The van der Waals surface area contributed by atoms with Crippen LogP contribution >= 0.6 is 34.4 Å². The van der Waals surface area contributed by atoms with Crippen molar-refractivity contribution in [2.75, 3.05) is 17.2 Å². The van der Waals surface area contributed by atoms with E-state index in [0.29, 0.717) is 24.4 Å². The van der Waals surface area contributed by atoms with Gasteiger partial charge in [-0.25, -0.2) is 4.39 Å². The number of hydrogen-bond donors (Lipinski definition) is 0. The van der Waals surface area contributed by atoms with E-state index in [0.717, 1.165) is 3.57 Å². The molecular formula is C13H13FINO2S. The molecule has 1 aromatic carbocycles. The van der Waals surface area contributed by atoms with Crippen LogP contribution in [0.2, 0.25) is 0 Å². The molecule has 1 atom stereocenters. The van der Waals surface area contributed by atoms with Gasteiger partial charge in [0, 0.05) is 29.2 Å². The van der Waals surface area contributed by atoms with Gasteiger partial charge < -0.3 is 4.90 Å². The number of thioether (sulfide) groups is 1. The number of amides is 1. The molecule has 0 spiro atoms. The van der Waals surface area contributed by atoms with E-state index in [9.17, 15) is 14.0 Å². The molecule has 102 valence electrons. The van der Waals surface area contributed by atoms with Crippen LogP contribution in [-0.2, 0) is 9.59 Å². The maximum Gasteiger partial charge on any atom is 0.227 e. The van der Waals surface area contributed by atoms with Crippen molar-refractivity contribution < 1.29 is 14.0 Å². The first-order chi connectivity index (χ1) is 8.97. The molecule has 1 saturated heterocycles. The third-order valence-electron chi connectivity index (χ3n) is 2.93. The van der Waals surface area contributed by atoms with Gasteiger partial charge in [0.25, 0.3) is 0 Å². The smallest absolute Gasteiger partial charge is 0.227 e. The number of carbonyl (C=O) groups excluding carboxylic acids is 2. The van der Waals surface area contributed by atoms with E-state index in [1.54, 1.807) is 11.0 Å². The summed E-state index contributed by atoms with van der Waals surface area (Å²) in [5, 5.41) is 0.0613. The zero-order chi connectivity index (χ0) is 14.0. The fourth-order valence-electron chi connectivity index (χ4n) is 2.05. The third-order valence-corrected chi connectivity index (χ3v) is 4.88. The molecule has 1 unspecified atom stereocenters. The Hall–Kier alpha value is -0.630. The minimum Gasteiger partial charge on any atom is -0.311 e. The van der Waals surface area contributed by atoms with Crippen molar-refractivity contribution in [3.05, 3.63) is 27.6 Å². The first-order valence-electron chi connectivity index (χ1n) is 5.86. The molecule has 1 amide bonds. The van der Waals surface area contributed by atoms with E-state index in [-0.39, 0.29) is 22.8 Å². The van der Waals surface area contributed by atoms with Crippen molar-refractivity contribution in [3.8, 4) is 0 Å². The number of carbonyl (C=O) groups is 2. The standard InChI is InChI=1S/C13H13FINO2S/c1-8(17)19-7-9-4-13(18)16(6-9)12-5-10(14)2-3-11(12)15/h2-3,5,9H,4,6-7H2,1H3. The molecule has 0 N–H and O–H groups in total. The fourth-order valence-corrected chi connectivity index (χ4v) is 3.37. The van der Waals surface area contributed by atoms with E-state index in [4.69, 9.17) is 0 Å². The highest BCUT2D eigenvalue weighted by Crippen LogP contribution is 2.31. The number of hydrogen-bond acceptors (Lipinski definition) is 3. The molecule has 0 bridgehead atoms. The summed E-state index contributed by atoms with van der Waals surface area (Å²) in [6, 6.07) is 4.44. The fraction of sp³-hybridized carbons (Fsp3) is 0.385. The molecule has 1 aromatic rings. The Kier molecular flexibility index (Phi) is 4.83. The maximum absolute atomic E-state index is 13.3. The molecule has 6 heteroatoms. The first kappa shape index (κ1) is 14.8. The lowest BCUT2D eigenvalue weighted by Crippen LogP contribution is -2.25. The summed E-state index contributed by atoms with van der Waals surface area (Å²) in [4.78, 5) is 24.6. The molecule has 1 heterocycles. The molecule has 2 rings (SSSR count). The number of benzene rings is 1. The summed E-state index contributed by atoms with van der Waals surface area (Å²) < 4.78 is 14.1. The van der Waals surface area contributed by atoms with Crippen LogP contribution in [0.1, 0.15) is 13.3 Å². The van der Waals surface area contributed by atoms with Gasteiger partial charge in [0.1, 0.15) is 5.82 Å². The summed E-state index contributed by atoms with van der Waals surface area (Å²) in [6.45, 7) is 2.08. The van der Waals surface area contributed by atoms with Crippen LogP contribution in [0.4, 0.5) is 10.1 Å². The zero-order valence-electron chi connectivity index (χ0n) is 10.4. The van der Waals surface area contributed by atoms with Crippen LogP contribution in [0.3, 0.4) is 0 Å². The number of rotatable bonds is 3. The lowest BCUT2D eigenvalue weighted by atomic mass is 10.1. The van der Waals surface area contributed by atoms with Gasteiger partial charge in [-0.3, -0.25) is 9.59 Å². The topological polar surface area (TPSA) is 37.4 Å². The Morgan fingerprint density at radius 3 is 3.00 bits per heavy atom. The molecule has 3 nitrogen and oxygen atoms in total. The summed E-state index contributed by atoms with van der Waals surface area (Å²) in [7, 11) is 0. The molecule has 0 aromatic heterocycles. The van der Waals surface area contributed by atoms with Gasteiger partial charge in [-0.2, -0.15) is 0 Å². The summed E-state index contributed by atoms with van der Waals surface area (Å²) in [5.41, 5.74) is 0.626. The Labute approximate surface area is 129 Å². The van der Waals surface area contributed by atoms with Gasteiger partial charge >= 0.3 is 0 Å². The Bertz CT molecular complexity index is 523. The molecule has 1 aliphatic heterocycles. The third kappa shape index (κ3) is 3.68. The van der Waals surface area contributed by atoms with Crippen LogP contribution in [-0.4, -0.2) is 23.3 Å². The number of nitrogens with zero attached hydrogens (tertiary/aromatic N) is 1. The zero-order valence-corrected chi connectivity index (χ0v) is 13.3. The second-order valence-corrected chi connectivity index (χ2v) is 6.83. The maximum atomic E-state index is 13.3. The van der Waals surface area contributed by atoms with E-state index in [2.05, 4.69) is 22.6 Å². The molecule has 0 saturated carbocycles. The van der Waals surface area contributed by atoms with Crippen LogP contribution in [0.25, 0.3) is 0 Å². The van der Waals surface area contributed by atoms with Crippen molar-refractivity contribution >= 4 is 51.1 Å². The lowest BCUT2D eigenvalue weighted by Gasteiger charge is -2.18. The van der Waals surface area contributed by atoms with Crippen molar-refractivity contribution in [2.24, 2.45) is 5.92 Å². The van der Waals surface area contributed by atoms with Gasteiger partial charge in [-0.15, -0.1) is 0 Å². The van der Waals surface area contributed by atoms with Gasteiger partial charge in [-0.1, -0.05) is 11.8 Å². The monoisotopic (exact) mass is 393 g/mol. The van der Waals surface area contributed by atoms with Crippen LogP contribution < -0.4 is 4.90 Å². The van der Waals surface area contributed by atoms with Gasteiger partial charge in [0.15, 0.2) is 5.12 Å².